The van der Waals surface area contributed by atoms with E-state index in [4.69, 9.17) is 16.3 Å². The van der Waals surface area contributed by atoms with Crippen LogP contribution in [0.1, 0.15) is 19.4 Å². The fourth-order valence-electron chi connectivity index (χ4n) is 1.61. The van der Waals surface area contributed by atoms with Crippen LogP contribution in [0, 0.1) is 0 Å². The van der Waals surface area contributed by atoms with E-state index >= 15 is 0 Å². The Balaban J connectivity index is 2.48. The van der Waals surface area contributed by atoms with Gasteiger partial charge in [0.1, 0.15) is 17.1 Å². The van der Waals surface area contributed by atoms with E-state index in [0.717, 1.165) is 17.7 Å². The number of aromatic hydroxyl groups is 1. The van der Waals surface area contributed by atoms with Crippen molar-refractivity contribution in [3.63, 3.8) is 0 Å². The Bertz CT molecular complexity index is 325. The number of hydrogen-bond acceptors (Lipinski definition) is 2. The third kappa shape index (κ3) is 1.46. The van der Waals surface area contributed by atoms with Crippen LogP contribution < -0.4 is 4.74 Å². The summed E-state index contributed by atoms with van der Waals surface area (Å²) in [5.41, 5.74) is 0.839. The summed E-state index contributed by atoms with van der Waals surface area (Å²) in [5, 5.41) is 9.71. The smallest absolute Gasteiger partial charge is 0.134 e. The van der Waals surface area contributed by atoms with Gasteiger partial charge in [-0.2, -0.15) is 0 Å². The molecule has 1 heterocycles. The van der Waals surface area contributed by atoms with Crippen LogP contribution in [0.2, 0.25) is 5.02 Å². The number of halogens is 1. The summed E-state index contributed by atoms with van der Waals surface area (Å²) in [6.07, 6.45) is 0.813. The summed E-state index contributed by atoms with van der Waals surface area (Å²) in [7, 11) is 0. The lowest BCUT2D eigenvalue weighted by molar-refractivity contribution is 0.138. The van der Waals surface area contributed by atoms with E-state index in [1.54, 1.807) is 12.1 Å². The molecule has 0 bridgehead atoms. The maximum atomic E-state index is 9.37. The molecular formula is C10H11ClO2. The van der Waals surface area contributed by atoms with E-state index < -0.39 is 0 Å². The van der Waals surface area contributed by atoms with Crippen molar-refractivity contribution in [3.05, 3.63) is 22.7 Å². The molecule has 0 aliphatic carbocycles. The van der Waals surface area contributed by atoms with Crippen LogP contribution in [0.3, 0.4) is 0 Å². The molecule has 1 aliphatic heterocycles. The highest BCUT2D eigenvalue weighted by atomic mass is 35.5. The van der Waals surface area contributed by atoms with E-state index in [1.165, 1.54) is 0 Å². The lowest BCUT2D eigenvalue weighted by Gasteiger charge is -2.16. The summed E-state index contributed by atoms with van der Waals surface area (Å²) < 4.78 is 5.63. The molecule has 2 rings (SSSR count). The predicted octanol–water partition coefficient (Wildman–Crippen LogP) is 2.76. The van der Waals surface area contributed by atoms with Gasteiger partial charge in [0.05, 0.1) is 5.02 Å². The molecule has 1 N–H and O–H groups in total. The van der Waals surface area contributed by atoms with Gasteiger partial charge in [0.2, 0.25) is 0 Å². The lowest BCUT2D eigenvalue weighted by Crippen LogP contribution is -2.24. The summed E-state index contributed by atoms with van der Waals surface area (Å²) in [6.45, 7) is 4.02. The quantitative estimate of drug-likeness (QED) is 0.695. The van der Waals surface area contributed by atoms with E-state index in [1.807, 2.05) is 13.8 Å². The SMILES string of the molecule is CC1(C)Cc2cc(O)c(Cl)cc2O1. The first-order valence-corrected chi connectivity index (χ1v) is 4.56. The van der Waals surface area contributed by atoms with Gasteiger partial charge in [-0.15, -0.1) is 0 Å². The van der Waals surface area contributed by atoms with Crippen LogP contribution in [0.15, 0.2) is 12.1 Å². The number of phenols is 1. The number of fused-ring (bicyclic) bond motifs is 1. The van der Waals surface area contributed by atoms with Crippen LogP contribution in [0.4, 0.5) is 0 Å². The van der Waals surface area contributed by atoms with Crippen LogP contribution >= 0.6 is 11.6 Å². The fourth-order valence-corrected chi connectivity index (χ4v) is 1.77. The molecule has 0 spiro atoms. The van der Waals surface area contributed by atoms with Crippen LogP contribution in [0.5, 0.6) is 11.5 Å². The Morgan fingerprint density at radius 3 is 2.85 bits per heavy atom. The molecule has 2 nitrogen and oxygen atoms in total. The van der Waals surface area contributed by atoms with Gasteiger partial charge in [0.15, 0.2) is 0 Å². The number of benzene rings is 1. The Morgan fingerprint density at radius 1 is 1.46 bits per heavy atom. The molecule has 0 fully saturated rings. The van der Waals surface area contributed by atoms with Gasteiger partial charge in [-0.1, -0.05) is 11.6 Å². The maximum absolute atomic E-state index is 9.37. The van der Waals surface area contributed by atoms with E-state index in [0.29, 0.717) is 5.02 Å². The van der Waals surface area contributed by atoms with Crippen molar-refractivity contribution >= 4 is 11.6 Å². The summed E-state index contributed by atoms with van der Waals surface area (Å²) in [6, 6.07) is 3.34. The average molecular weight is 199 g/mol. The first kappa shape index (κ1) is 8.70. The third-order valence-electron chi connectivity index (χ3n) is 2.13. The molecule has 1 aliphatic rings. The zero-order valence-electron chi connectivity index (χ0n) is 7.60. The van der Waals surface area contributed by atoms with Crippen molar-refractivity contribution in [2.24, 2.45) is 0 Å². The molecule has 3 heteroatoms. The van der Waals surface area contributed by atoms with Gasteiger partial charge in [0.25, 0.3) is 0 Å². The van der Waals surface area contributed by atoms with Gasteiger partial charge >= 0.3 is 0 Å². The van der Waals surface area contributed by atoms with Gasteiger partial charge < -0.3 is 9.84 Å². The Morgan fingerprint density at radius 2 is 2.15 bits per heavy atom. The Hall–Kier alpha value is -0.890. The summed E-state index contributed by atoms with van der Waals surface area (Å²) in [4.78, 5) is 0. The molecule has 0 unspecified atom stereocenters. The molecular weight excluding hydrogens is 188 g/mol. The van der Waals surface area contributed by atoms with Crippen molar-refractivity contribution < 1.29 is 9.84 Å². The number of ether oxygens (including phenoxy) is 1. The fraction of sp³-hybridized carbons (Fsp3) is 0.400. The molecule has 70 valence electrons. The van der Waals surface area contributed by atoms with Crippen molar-refractivity contribution in [2.45, 2.75) is 25.9 Å². The van der Waals surface area contributed by atoms with E-state index in [9.17, 15) is 5.11 Å². The number of hydrogen-bond donors (Lipinski definition) is 1. The molecule has 0 saturated carbocycles. The number of phenolic OH excluding ortho intramolecular Hbond substituents is 1. The van der Waals surface area contributed by atoms with Gasteiger partial charge in [-0.05, 0) is 19.9 Å². The highest BCUT2D eigenvalue weighted by molar-refractivity contribution is 6.32. The van der Waals surface area contributed by atoms with Gasteiger partial charge in [-0.25, -0.2) is 0 Å². The standard InChI is InChI=1S/C10H11ClO2/c1-10(2)5-6-3-8(12)7(11)4-9(6)13-10/h3-4,12H,5H2,1-2H3. The molecule has 13 heavy (non-hydrogen) atoms. The highest BCUT2D eigenvalue weighted by Gasteiger charge is 2.30. The molecule has 0 amide bonds. The van der Waals surface area contributed by atoms with Crippen molar-refractivity contribution in [1.82, 2.24) is 0 Å². The minimum Gasteiger partial charge on any atom is -0.506 e. The zero-order chi connectivity index (χ0) is 9.64. The van der Waals surface area contributed by atoms with E-state index in [2.05, 4.69) is 0 Å². The molecule has 1 aromatic rings. The third-order valence-corrected chi connectivity index (χ3v) is 2.44. The second-order valence-electron chi connectivity index (χ2n) is 3.95. The molecule has 0 atom stereocenters. The molecule has 0 radical (unpaired) electrons. The Kier molecular flexibility index (Phi) is 1.70. The second-order valence-corrected chi connectivity index (χ2v) is 4.36. The van der Waals surface area contributed by atoms with Gasteiger partial charge in [-0.3, -0.25) is 0 Å². The minimum absolute atomic E-state index is 0.127. The van der Waals surface area contributed by atoms with Crippen LogP contribution in [0.25, 0.3) is 0 Å². The Labute approximate surface area is 82.1 Å². The zero-order valence-corrected chi connectivity index (χ0v) is 8.35. The first-order chi connectivity index (χ1) is 5.98. The highest BCUT2D eigenvalue weighted by Crippen LogP contribution is 2.40. The number of rotatable bonds is 0. The molecule has 1 aromatic carbocycles. The topological polar surface area (TPSA) is 29.5 Å². The van der Waals surface area contributed by atoms with E-state index in [-0.39, 0.29) is 11.4 Å². The van der Waals surface area contributed by atoms with Crippen molar-refractivity contribution in [2.75, 3.05) is 0 Å². The summed E-state index contributed by atoms with van der Waals surface area (Å²) in [5.74, 6) is 0.912. The van der Waals surface area contributed by atoms with Gasteiger partial charge in [0, 0.05) is 18.1 Å². The van der Waals surface area contributed by atoms with Crippen molar-refractivity contribution in [3.8, 4) is 11.5 Å². The minimum atomic E-state index is -0.181. The average Bonchev–Trinajstić information content (AvgIpc) is 2.24. The molecule has 0 aromatic heterocycles. The predicted molar refractivity (Wildman–Crippen MR) is 51.5 cm³/mol. The van der Waals surface area contributed by atoms with Crippen LogP contribution in [-0.2, 0) is 6.42 Å². The van der Waals surface area contributed by atoms with Crippen LogP contribution in [-0.4, -0.2) is 10.7 Å². The normalized spacial score (nSPS) is 18.1. The lowest BCUT2D eigenvalue weighted by atomic mass is 10.0. The second kappa shape index (κ2) is 2.55. The summed E-state index contributed by atoms with van der Waals surface area (Å²) >= 11 is 5.76. The largest absolute Gasteiger partial charge is 0.506 e. The first-order valence-electron chi connectivity index (χ1n) is 4.18. The van der Waals surface area contributed by atoms with Crippen molar-refractivity contribution in [1.29, 1.82) is 0 Å². The maximum Gasteiger partial charge on any atom is 0.134 e. The monoisotopic (exact) mass is 198 g/mol. The molecule has 0 saturated heterocycles.